The minimum absolute atomic E-state index is 0.0680. The van der Waals surface area contributed by atoms with Crippen molar-refractivity contribution in [2.45, 2.75) is 12.8 Å². The monoisotopic (exact) mass is 278 g/mol. The predicted molar refractivity (Wildman–Crippen MR) is 64.7 cm³/mol. The molecule has 0 aliphatic carbocycles. The first-order chi connectivity index (χ1) is 9.49. The molecule has 0 atom stereocenters. The zero-order valence-electron chi connectivity index (χ0n) is 10.2. The average Bonchev–Trinajstić information content (AvgIpc) is 2.45. The summed E-state index contributed by atoms with van der Waals surface area (Å²) >= 11 is 0. The summed E-state index contributed by atoms with van der Waals surface area (Å²) in [5, 5.41) is 8.69. The summed E-state index contributed by atoms with van der Waals surface area (Å²) in [6.45, 7) is 0.0680. The fraction of sp³-hybridized carbons (Fsp3) is 0.143. The van der Waals surface area contributed by atoms with Gasteiger partial charge in [0, 0.05) is 6.20 Å². The Kier molecular flexibility index (Phi) is 3.89. The summed E-state index contributed by atoms with van der Waals surface area (Å²) in [5.41, 5.74) is 0.131. The highest BCUT2D eigenvalue weighted by molar-refractivity contribution is 5.31. The van der Waals surface area contributed by atoms with Crippen molar-refractivity contribution in [3.05, 3.63) is 59.4 Å². The van der Waals surface area contributed by atoms with Crippen LogP contribution in [-0.4, -0.2) is 4.98 Å². The van der Waals surface area contributed by atoms with Gasteiger partial charge in [0.2, 0.25) is 0 Å². The third-order valence-corrected chi connectivity index (χ3v) is 2.51. The van der Waals surface area contributed by atoms with Crippen LogP contribution < -0.4 is 4.74 Å². The maximum atomic E-state index is 12.5. The number of ether oxygens (including phenoxy) is 1. The largest absolute Gasteiger partial charge is 0.489 e. The summed E-state index contributed by atoms with van der Waals surface area (Å²) in [4.78, 5) is 3.79. The number of rotatable bonds is 3. The maximum absolute atomic E-state index is 12.5. The first-order valence-corrected chi connectivity index (χ1v) is 5.64. The maximum Gasteiger partial charge on any atom is 0.416 e. The van der Waals surface area contributed by atoms with E-state index in [1.54, 1.807) is 6.07 Å². The van der Waals surface area contributed by atoms with Crippen LogP contribution in [0.4, 0.5) is 13.2 Å². The van der Waals surface area contributed by atoms with Gasteiger partial charge in [-0.15, -0.1) is 0 Å². The van der Waals surface area contributed by atoms with Gasteiger partial charge in [-0.3, -0.25) is 0 Å². The number of alkyl halides is 3. The number of nitrogens with zero attached hydrogens (tertiary/aromatic N) is 2. The fourth-order valence-electron chi connectivity index (χ4n) is 1.55. The Bertz CT molecular complexity index is 647. The molecule has 3 nitrogen and oxygen atoms in total. The molecule has 0 spiro atoms. The molecular formula is C14H9F3N2O. The number of hydrogen-bond donors (Lipinski definition) is 0. The van der Waals surface area contributed by atoms with Crippen LogP contribution in [0.2, 0.25) is 0 Å². The van der Waals surface area contributed by atoms with Gasteiger partial charge in [-0.2, -0.15) is 18.4 Å². The third-order valence-electron chi connectivity index (χ3n) is 2.51. The molecule has 0 unspecified atom stereocenters. The van der Waals surface area contributed by atoms with Gasteiger partial charge in [-0.1, -0.05) is 6.07 Å². The molecule has 0 aliphatic heterocycles. The molecule has 0 amide bonds. The summed E-state index contributed by atoms with van der Waals surface area (Å²) in [6.07, 6.45) is -2.95. The normalized spacial score (nSPS) is 10.9. The molecular weight excluding hydrogens is 269 g/mol. The SMILES string of the molecule is N#Cc1cc(COc2cccc(C(F)(F)F)c2)ccn1. The van der Waals surface area contributed by atoms with Crippen LogP contribution in [0.1, 0.15) is 16.8 Å². The second-order valence-electron chi connectivity index (χ2n) is 3.98. The molecule has 20 heavy (non-hydrogen) atoms. The number of hydrogen-bond acceptors (Lipinski definition) is 3. The quantitative estimate of drug-likeness (QED) is 0.862. The van der Waals surface area contributed by atoms with Crippen LogP contribution in [-0.2, 0) is 12.8 Å². The predicted octanol–water partition coefficient (Wildman–Crippen LogP) is 3.55. The van der Waals surface area contributed by atoms with Crippen LogP contribution in [0.5, 0.6) is 5.75 Å². The summed E-state index contributed by atoms with van der Waals surface area (Å²) in [5.74, 6) is 0.121. The second kappa shape index (κ2) is 5.61. The van der Waals surface area contributed by atoms with Gasteiger partial charge in [0.25, 0.3) is 0 Å². The van der Waals surface area contributed by atoms with Crippen molar-refractivity contribution in [3.63, 3.8) is 0 Å². The third kappa shape index (κ3) is 3.48. The van der Waals surface area contributed by atoms with Crippen molar-refractivity contribution in [2.24, 2.45) is 0 Å². The highest BCUT2D eigenvalue weighted by Gasteiger charge is 2.30. The van der Waals surface area contributed by atoms with Gasteiger partial charge >= 0.3 is 6.18 Å². The Morgan fingerprint density at radius 1 is 1.20 bits per heavy atom. The average molecular weight is 278 g/mol. The standard InChI is InChI=1S/C14H9F3N2O/c15-14(16,17)11-2-1-3-13(7-11)20-9-10-4-5-19-12(6-10)8-18/h1-7H,9H2. The first kappa shape index (κ1) is 13.9. The van der Waals surface area contributed by atoms with Gasteiger partial charge in [-0.05, 0) is 35.9 Å². The zero-order valence-corrected chi connectivity index (χ0v) is 10.2. The molecule has 0 radical (unpaired) electrons. The molecule has 0 bridgehead atoms. The molecule has 1 aromatic carbocycles. The molecule has 0 N–H and O–H groups in total. The van der Waals surface area contributed by atoms with Crippen molar-refractivity contribution < 1.29 is 17.9 Å². The lowest BCUT2D eigenvalue weighted by Crippen LogP contribution is -2.05. The molecule has 1 heterocycles. The van der Waals surface area contributed by atoms with Crippen molar-refractivity contribution >= 4 is 0 Å². The molecule has 0 fully saturated rings. The summed E-state index contributed by atoms with van der Waals surface area (Å²) in [7, 11) is 0. The number of pyridine rings is 1. The number of aromatic nitrogens is 1. The van der Waals surface area contributed by atoms with Crippen LogP contribution >= 0.6 is 0 Å². The molecule has 2 rings (SSSR count). The molecule has 0 saturated carbocycles. The van der Waals surface area contributed by atoms with Crippen molar-refractivity contribution in [3.8, 4) is 11.8 Å². The fourth-order valence-corrected chi connectivity index (χ4v) is 1.55. The van der Waals surface area contributed by atoms with Gasteiger partial charge in [0.05, 0.1) is 5.56 Å². The lowest BCUT2D eigenvalue weighted by molar-refractivity contribution is -0.137. The highest BCUT2D eigenvalue weighted by Crippen LogP contribution is 2.31. The van der Waals surface area contributed by atoms with E-state index in [1.807, 2.05) is 6.07 Å². The Hall–Kier alpha value is -2.55. The number of nitriles is 1. The second-order valence-corrected chi connectivity index (χ2v) is 3.98. The van der Waals surface area contributed by atoms with Gasteiger partial charge in [0.15, 0.2) is 0 Å². The van der Waals surface area contributed by atoms with Gasteiger partial charge in [0.1, 0.15) is 24.1 Å². The smallest absolute Gasteiger partial charge is 0.416 e. The van der Waals surface area contributed by atoms with E-state index in [0.717, 1.165) is 12.1 Å². The molecule has 0 aliphatic rings. The number of benzene rings is 1. The first-order valence-electron chi connectivity index (χ1n) is 5.64. The topological polar surface area (TPSA) is 45.9 Å². The summed E-state index contributed by atoms with van der Waals surface area (Å²) < 4.78 is 42.9. The number of halogens is 3. The minimum atomic E-state index is -4.40. The van der Waals surface area contributed by atoms with Crippen molar-refractivity contribution in [1.82, 2.24) is 4.98 Å². The summed E-state index contributed by atoms with van der Waals surface area (Å²) in [6, 6.07) is 9.68. The zero-order chi connectivity index (χ0) is 14.6. The Morgan fingerprint density at radius 2 is 2.00 bits per heavy atom. The lowest BCUT2D eigenvalue weighted by atomic mass is 10.2. The van der Waals surface area contributed by atoms with Gasteiger partial charge in [-0.25, -0.2) is 4.98 Å². The van der Waals surface area contributed by atoms with Crippen LogP contribution in [0.3, 0.4) is 0 Å². The van der Waals surface area contributed by atoms with Crippen LogP contribution in [0.25, 0.3) is 0 Å². The van der Waals surface area contributed by atoms with E-state index in [0.29, 0.717) is 5.56 Å². The molecule has 2 aromatic rings. The van der Waals surface area contributed by atoms with E-state index in [9.17, 15) is 13.2 Å². The Balaban J connectivity index is 2.09. The van der Waals surface area contributed by atoms with E-state index in [4.69, 9.17) is 10.00 Å². The molecule has 6 heteroatoms. The lowest BCUT2D eigenvalue weighted by Gasteiger charge is -2.10. The van der Waals surface area contributed by atoms with E-state index < -0.39 is 11.7 Å². The Labute approximate surface area is 113 Å². The van der Waals surface area contributed by atoms with E-state index in [1.165, 1.54) is 24.4 Å². The van der Waals surface area contributed by atoms with Crippen LogP contribution in [0, 0.1) is 11.3 Å². The Morgan fingerprint density at radius 3 is 2.70 bits per heavy atom. The minimum Gasteiger partial charge on any atom is -0.489 e. The molecule has 0 saturated heterocycles. The highest BCUT2D eigenvalue weighted by atomic mass is 19.4. The van der Waals surface area contributed by atoms with Crippen molar-refractivity contribution in [1.29, 1.82) is 5.26 Å². The molecule has 1 aromatic heterocycles. The van der Waals surface area contributed by atoms with Crippen molar-refractivity contribution in [2.75, 3.05) is 0 Å². The van der Waals surface area contributed by atoms with Gasteiger partial charge < -0.3 is 4.74 Å². The van der Waals surface area contributed by atoms with E-state index >= 15 is 0 Å². The molecule has 102 valence electrons. The van der Waals surface area contributed by atoms with E-state index in [-0.39, 0.29) is 18.1 Å². The van der Waals surface area contributed by atoms with Crippen LogP contribution in [0.15, 0.2) is 42.6 Å². The van der Waals surface area contributed by atoms with E-state index in [2.05, 4.69) is 4.98 Å².